The van der Waals surface area contributed by atoms with Crippen molar-refractivity contribution < 1.29 is 29.4 Å². The Morgan fingerprint density at radius 3 is 2.67 bits per heavy atom. The molecule has 232 valence electrons. The van der Waals surface area contributed by atoms with Crippen LogP contribution in [0.25, 0.3) is 0 Å². The van der Waals surface area contributed by atoms with E-state index in [-0.39, 0.29) is 18.1 Å². The van der Waals surface area contributed by atoms with Crippen LogP contribution in [-0.2, 0) is 14.9 Å². The molecule has 1 aromatic heterocycles. The fraction of sp³-hybridized carbons (Fsp3) is 0.735. The Bertz CT molecular complexity index is 1200. The Labute approximate surface area is 250 Å². The molecule has 0 amide bonds. The van der Waals surface area contributed by atoms with Crippen molar-refractivity contribution in [2.45, 2.75) is 122 Å². The van der Waals surface area contributed by atoms with Gasteiger partial charge in [0, 0.05) is 6.42 Å². The van der Waals surface area contributed by atoms with Gasteiger partial charge in [0.15, 0.2) is 6.33 Å². The molecule has 0 spiro atoms. The Balaban J connectivity index is 1.29. The summed E-state index contributed by atoms with van der Waals surface area (Å²) in [5, 5.41) is 34.0. The molecule has 4 saturated carbocycles. The molecule has 0 bridgehead atoms. The van der Waals surface area contributed by atoms with Gasteiger partial charge in [-0.25, -0.2) is 0 Å². The Kier molecular flexibility index (Phi) is 8.90. The molecule has 4 fully saturated rings. The van der Waals surface area contributed by atoms with Crippen LogP contribution in [0.15, 0.2) is 46.3 Å². The number of carbonyl (C=O) groups excluding carboxylic acids is 1. The average molecular weight is 583 g/mol. The maximum atomic E-state index is 13.1. The molecule has 0 radical (unpaired) electrons. The second kappa shape index (κ2) is 12.0. The molecule has 0 unspecified atom stereocenters. The van der Waals surface area contributed by atoms with Crippen LogP contribution in [0.5, 0.6) is 0 Å². The smallest absolute Gasteiger partial charge is 0.314 e. The Morgan fingerprint density at radius 1 is 1.24 bits per heavy atom. The molecule has 4 aliphatic rings. The molecule has 5 rings (SSSR count). The van der Waals surface area contributed by atoms with E-state index in [0.29, 0.717) is 36.5 Å². The summed E-state index contributed by atoms with van der Waals surface area (Å²) in [6, 6.07) is 0. The number of hydrogen-bond acceptors (Lipinski definition) is 8. The minimum Gasteiger partial charge on any atom is -0.461 e. The number of aliphatic hydroxyl groups is 3. The van der Waals surface area contributed by atoms with Gasteiger partial charge in [-0.15, -0.1) is 0 Å². The lowest BCUT2D eigenvalue weighted by Crippen LogP contribution is -2.39. The van der Waals surface area contributed by atoms with E-state index in [1.54, 1.807) is 13.8 Å². The summed E-state index contributed by atoms with van der Waals surface area (Å²) in [4.78, 5) is 17.4. The van der Waals surface area contributed by atoms with E-state index in [1.165, 1.54) is 31.2 Å². The summed E-state index contributed by atoms with van der Waals surface area (Å²) in [7, 11) is 0. The van der Waals surface area contributed by atoms with Gasteiger partial charge in [-0.3, -0.25) is 4.79 Å². The molecule has 0 aliphatic heterocycles. The van der Waals surface area contributed by atoms with Crippen LogP contribution in [0, 0.1) is 28.6 Å². The normalized spacial score (nSPS) is 34.3. The summed E-state index contributed by atoms with van der Waals surface area (Å²) in [5.74, 6) is 1.69. The van der Waals surface area contributed by atoms with Crippen molar-refractivity contribution >= 4 is 5.97 Å². The first-order chi connectivity index (χ1) is 19.9. The summed E-state index contributed by atoms with van der Waals surface area (Å²) >= 11 is 0. The predicted octanol–water partition coefficient (Wildman–Crippen LogP) is 5.59. The first kappa shape index (κ1) is 31.1. The van der Waals surface area contributed by atoms with Gasteiger partial charge in [0.05, 0.1) is 29.6 Å². The second-order valence-electron chi connectivity index (χ2n) is 14.6. The third kappa shape index (κ3) is 5.91. The maximum absolute atomic E-state index is 13.1. The number of allylic oxidation sites excluding steroid dienone is 3. The molecule has 1 aromatic rings. The number of carbonyl (C=O) groups is 1. The highest BCUT2D eigenvalue weighted by molar-refractivity contribution is 5.76. The van der Waals surface area contributed by atoms with Crippen molar-refractivity contribution in [1.82, 2.24) is 10.1 Å². The molecule has 3 N–H and O–H groups in total. The van der Waals surface area contributed by atoms with Gasteiger partial charge >= 0.3 is 5.97 Å². The standard InChI is InChI=1S/C34H50N2O6/c1-21(8-13-29(41-31(40)32(3,4)19-37)34(15-16-34)30-35-20-36-42-30)26-11-12-27-23(7-6-14-33(26,27)5)9-10-24-17-25(38)18-28(39)22(24)2/h9-10,20-21,25-29,37-39H,2,6-8,11-19H2,1,3-5H3/t21-,25-,26-,27+,28+,29+,33-/m1/s1. The highest BCUT2D eigenvalue weighted by Gasteiger charge is 2.58. The van der Waals surface area contributed by atoms with Gasteiger partial charge in [0.2, 0.25) is 5.89 Å². The molecule has 4 aliphatic carbocycles. The topological polar surface area (TPSA) is 126 Å². The van der Waals surface area contributed by atoms with Crippen molar-refractivity contribution in [1.29, 1.82) is 0 Å². The zero-order valence-electron chi connectivity index (χ0n) is 25.8. The Hall–Kier alpha value is -2.29. The zero-order valence-corrected chi connectivity index (χ0v) is 25.8. The highest BCUT2D eigenvalue weighted by atomic mass is 16.5. The third-order valence-electron chi connectivity index (χ3n) is 11.3. The molecule has 8 heteroatoms. The number of ether oxygens (including phenoxy) is 1. The van der Waals surface area contributed by atoms with E-state index in [1.807, 2.05) is 0 Å². The number of hydrogen-bond donors (Lipinski definition) is 3. The largest absolute Gasteiger partial charge is 0.461 e. The van der Waals surface area contributed by atoms with Crippen molar-refractivity contribution in [3.8, 4) is 0 Å². The van der Waals surface area contributed by atoms with Crippen molar-refractivity contribution in [3.05, 3.63) is 47.7 Å². The molecular formula is C34H50N2O6. The number of esters is 1. The van der Waals surface area contributed by atoms with Crippen LogP contribution in [0.3, 0.4) is 0 Å². The summed E-state index contributed by atoms with van der Waals surface area (Å²) in [6.45, 7) is 12.1. The average Bonchev–Trinajstić information content (AvgIpc) is 3.39. The molecule has 0 saturated heterocycles. The van der Waals surface area contributed by atoms with Crippen molar-refractivity contribution in [2.75, 3.05) is 6.61 Å². The van der Waals surface area contributed by atoms with E-state index in [0.717, 1.165) is 49.7 Å². The van der Waals surface area contributed by atoms with E-state index < -0.39 is 29.0 Å². The number of nitrogens with zero attached hydrogens (tertiary/aromatic N) is 2. The minimum atomic E-state index is -0.971. The van der Waals surface area contributed by atoms with E-state index in [4.69, 9.17) is 9.26 Å². The third-order valence-corrected chi connectivity index (χ3v) is 11.3. The fourth-order valence-electron chi connectivity index (χ4n) is 8.30. The summed E-state index contributed by atoms with van der Waals surface area (Å²) in [5.41, 5.74) is 1.99. The first-order valence-corrected chi connectivity index (χ1v) is 16.0. The number of aromatic nitrogens is 2. The van der Waals surface area contributed by atoms with Gasteiger partial charge in [-0.1, -0.05) is 43.3 Å². The minimum absolute atomic E-state index is 0.208. The lowest BCUT2D eigenvalue weighted by Gasteiger charge is -2.44. The SMILES string of the molecule is C=C1C(=CC=C2CCC[C@]3(C)[C@@H]([C@H](C)CC[C@H](OC(=O)C(C)(C)CO)C4(c5ncno5)CC4)CC[C@@H]23)C[C@@H](O)C[C@@H]1O. The van der Waals surface area contributed by atoms with Gasteiger partial charge in [-0.2, -0.15) is 4.98 Å². The fourth-order valence-corrected chi connectivity index (χ4v) is 8.30. The zero-order chi connectivity index (χ0) is 30.3. The maximum Gasteiger partial charge on any atom is 0.314 e. The van der Waals surface area contributed by atoms with Gasteiger partial charge in [-0.05, 0) is 112 Å². The van der Waals surface area contributed by atoms with Crippen LogP contribution >= 0.6 is 0 Å². The van der Waals surface area contributed by atoms with Crippen molar-refractivity contribution in [2.24, 2.45) is 28.6 Å². The number of rotatable bonds is 10. The van der Waals surface area contributed by atoms with Crippen LogP contribution < -0.4 is 0 Å². The molecular weight excluding hydrogens is 532 g/mol. The second-order valence-corrected chi connectivity index (χ2v) is 14.6. The summed E-state index contributed by atoms with van der Waals surface area (Å²) in [6.07, 6.45) is 14.3. The van der Waals surface area contributed by atoms with Gasteiger partial charge in [0.25, 0.3) is 0 Å². The quantitative estimate of drug-likeness (QED) is 0.305. The van der Waals surface area contributed by atoms with E-state index in [2.05, 4.69) is 42.7 Å². The van der Waals surface area contributed by atoms with E-state index in [9.17, 15) is 20.1 Å². The lowest BCUT2D eigenvalue weighted by atomic mass is 9.60. The molecule has 8 nitrogen and oxygen atoms in total. The van der Waals surface area contributed by atoms with Crippen LogP contribution in [0.1, 0.15) is 104 Å². The van der Waals surface area contributed by atoms with Gasteiger partial charge in [0.1, 0.15) is 6.10 Å². The lowest BCUT2D eigenvalue weighted by molar-refractivity contribution is -0.164. The Morgan fingerprint density at radius 2 is 2.00 bits per heavy atom. The first-order valence-electron chi connectivity index (χ1n) is 16.0. The predicted molar refractivity (Wildman–Crippen MR) is 159 cm³/mol. The molecule has 7 atom stereocenters. The van der Waals surface area contributed by atoms with Gasteiger partial charge < -0.3 is 24.6 Å². The molecule has 0 aromatic carbocycles. The van der Waals surface area contributed by atoms with Crippen LogP contribution in [0.2, 0.25) is 0 Å². The monoisotopic (exact) mass is 582 g/mol. The van der Waals surface area contributed by atoms with Crippen molar-refractivity contribution in [3.63, 3.8) is 0 Å². The highest BCUT2D eigenvalue weighted by Crippen LogP contribution is 2.60. The summed E-state index contributed by atoms with van der Waals surface area (Å²) < 4.78 is 11.6. The van der Waals surface area contributed by atoms with Crippen LogP contribution in [0.4, 0.5) is 0 Å². The molecule has 1 heterocycles. The molecule has 42 heavy (non-hydrogen) atoms. The van der Waals surface area contributed by atoms with E-state index >= 15 is 0 Å². The van der Waals surface area contributed by atoms with Crippen LogP contribution in [-0.4, -0.2) is 56.3 Å². The number of fused-ring (bicyclic) bond motifs is 1. The number of aliphatic hydroxyl groups excluding tert-OH is 3.